The highest BCUT2D eigenvalue weighted by Gasteiger charge is 2.17. The lowest BCUT2D eigenvalue weighted by molar-refractivity contribution is 0.187. The lowest BCUT2D eigenvalue weighted by Gasteiger charge is -2.15. The Balaban J connectivity index is 2.39. The summed E-state index contributed by atoms with van der Waals surface area (Å²) in [5, 5.41) is 0. The summed E-state index contributed by atoms with van der Waals surface area (Å²) in [5.74, 6) is 0.0324. The van der Waals surface area contributed by atoms with Crippen LogP contribution < -0.4 is 0 Å². The van der Waals surface area contributed by atoms with E-state index in [4.69, 9.17) is 4.74 Å². The number of hydrogen-bond acceptors (Lipinski definition) is 3. The molecule has 0 aliphatic rings. The quantitative estimate of drug-likeness (QED) is 0.767. The Morgan fingerprint density at radius 1 is 1.00 bits per heavy atom. The normalized spacial score (nSPS) is 10.9. The van der Waals surface area contributed by atoms with Crippen molar-refractivity contribution in [3.8, 4) is 0 Å². The summed E-state index contributed by atoms with van der Waals surface area (Å²) in [4.78, 5) is 8.96. The van der Waals surface area contributed by atoms with Gasteiger partial charge in [-0.25, -0.2) is 9.97 Å². The molecule has 0 unspecified atom stereocenters. The third kappa shape index (κ3) is 3.37. The number of halogens is 2. The van der Waals surface area contributed by atoms with Gasteiger partial charge in [-0.1, -0.05) is 12.1 Å². The molecule has 0 N–H and O–H groups in total. The zero-order valence-electron chi connectivity index (χ0n) is 9.81. The van der Waals surface area contributed by atoms with Crippen molar-refractivity contribution in [3.05, 3.63) is 57.0 Å². The number of methoxy groups -OCH3 is 1. The van der Waals surface area contributed by atoms with Gasteiger partial charge in [-0.3, -0.25) is 0 Å². The van der Waals surface area contributed by atoms with Gasteiger partial charge in [0.15, 0.2) is 0 Å². The fourth-order valence-electron chi connectivity index (χ4n) is 1.73. The van der Waals surface area contributed by atoms with Gasteiger partial charge in [0, 0.05) is 7.11 Å². The number of nitrogens with zero attached hydrogens (tertiary/aromatic N) is 2. The van der Waals surface area contributed by atoms with Crippen LogP contribution in [-0.2, 0) is 4.74 Å². The first-order chi connectivity index (χ1) is 8.70. The van der Waals surface area contributed by atoms with E-state index in [9.17, 15) is 0 Å². The minimum atomic E-state index is 0.0324. The molecule has 0 saturated heterocycles. The summed E-state index contributed by atoms with van der Waals surface area (Å²) in [7, 11) is 1.68. The van der Waals surface area contributed by atoms with Gasteiger partial charge in [0.05, 0.1) is 23.9 Å². The van der Waals surface area contributed by atoms with Gasteiger partial charge in [-0.15, -0.1) is 0 Å². The van der Waals surface area contributed by atoms with E-state index in [0.717, 1.165) is 20.6 Å². The molecule has 0 atom stereocenters. The lowest BCUT2D eigenvalue weighted by atomic mass is 10.0. The SMILES string of the molecule is COCC(c1cccc(Br)n1)c1cccc(Br)n1. The van der Waals surface area contributed by atoms with Crippen molar-refractivity contribution in [3.63, 3.8) is 0 Å². The summed E-state index contributed by atoms with van der Waals surface area (Å²) in [5.41, 5.74) is 1.88. The molecule has 0 fully saturated rings. The highest BCUT2D eigenvalue weighted by atomic mass is 79.9. The molecular formula is C13H12Br2N2O. The van der Waals surface area contributed by atoms with Crippen molar-refractivity contribution in [1.82, 2.24) is 9.97 Å². The van der Waals surface area contributed by atoms with E-state index in [2.05, 4.69) is 41.8 Å². The fourth-order valence-corrected chi connectivity index (χ4v) is 2.44. The molecule has 0 saturated carbocycles. The molecule has 2 aromatic rings. The van der Waals surface area contributed by atoms with E-state index in [1.807, 2.05) is 36.4 Å². The second-order valence-corrected chi connectivity index (χ2v) is 5.40. The standard InChI is InChI=1S/C13H12Br2N2O/c1-18-8-9(10-4-2-6-12(14)16-10)11-5-3-7-13(15)17-11/h2-7,9H,8H2,1H3. The van der Waals surface area contributed by atoms with Crippen molar-refractivity contribution in [2.24, 2.45) is 0 Å². The van der Waals surface area contributed by atoms with Crippen molar-refractivity contribution in [1.29, 1.82) is 0 Å². The summed E-state index contributed by atoms with van der Waals surface area (Å²) < 4.78 is 6.91. The first-order valence-electron chi connectivity index (χ1n) is 5.44. The Morgan fingerprint density at radius 2 is 1.50 bits per heavy atom. The van der Waals surface area contributed by atoms with Crippen LogP contribution in [0.25, 0.3) is 0 Å². The second-order valence-electron chi connectivity index (χ2n) is 3.78. The molecule has 0 bridgehead atoms. The Kier molecular flexibility index (Phi) is 4.86. The van der Waals surface area contributed by atoms with Gasteiger partial charge in [0.25, 0.3) is 0 Å². The van der Waals surface area contributed by atoms with E-state index in [0.29, 0.717) is 6.61 Å². The molecule has 0 radical (unpaired) electrons. The average molecular weight is 372 g/mol. The van der Waals surface area contributed by atoms with Crippen LogP contribution in [-0.4, -0.2) is 23.7 Å². The largest absolute Gasteiger partial charge is 0.384 e. The Labute approximate surface area is 123 Å². The molecule has 18 heavy (non-hydrogen) atoms. The van der Waals surface area contributed by atoms with E-state index < -0.39 is 0 Å². The smallest absolute Gasteiger partial charge is 0.106 e. The molecule has 2 rings (SSSR count). The molecule has 94 valence electrons. The predicted octanol–water partition coefficient (Wildman–Crippen LogP) is 3.78. The minimum absolute atomic E-state index is 0.0324. The molecular weight excluding hydrogens is 360 g/mol. The highest BCUT2D eigenvalue weighted by Crippen LogP contribution is 2.24. The van der Waals surface area contributed by atoms with Gasteiger partial charge in [-0.05, 0) is 56.1 Å². The maximum Gasteiger partial charge on any atom is 0.106 e. The zero-order valence-corrected chi connectivity index (χ0v) is 13.0. The first-order valence-corrected chi connectivity index (χ1v) is 7.03. The predicted molar refractivity (Wildman–Crippen MR) is 77.6 cm³/mol. The molecule has 2 heterocycles. The van der Waals surface area contributed by atoms with E-state index in [1.54, 1.807) is 7.11 Å². The Bertz CT molecular complexity index is 488. The number of ether oxygens (including phenoxy) is 1. The van der Waals surface area contributed by atoms with Crippen LogP contribution >= 0.6 is 31.9 Å². The Hall–Kier alpha value is -0.780. The van der Waals surface area contributed by atoms with Gasteiger partial charge >= 0.3 is 0 Å². The van der Waals surface area contributed by atoms with Crippen LogP contribution in [0.1, 0.15) is 17.3 Å². The van der Waals surface area contributed by atoms with Gasteiger partial charge < -0.3 is 4.74 Å². The van der Waals surface area contributed by atoms with Crippen LogP contribution in [0.3, 0.4) is 0 Å². The summed E-state index contributed by atoms with van der Waals surface area (Å²) in [6, 6.07) is 11.7. The lowest BCUT2D eigenvalue weighted by Crippen LogP contribution is -2.11. The molecule has 5 heteroatoms. The van der Waals surface area contributed by atoms with E-state index in [-0.39, 0.29) is 5.92 Å². The molecule has 0 aliphatic heterocycles. The van der Waals surface area contributed by atoms with Crippen LogP contribution in [0, 0.1) is 0 Å². The second kappa shape index (κ2) is 6.41. The van der Waals surface area contributed by atoms with Crippen molar-refractivity contribution < 1.29 is 4.74 Å². The number of hydrogen-bond donors (Lipinski definition) is 0. The van der Waals surface area contributed by atoms with Crippen molar-refractivity contribution in [2.45, 2.75) is 5.92 Å². The fraction of sp³-hybridized carbons (Fsp3) is 0.231. The van der Waals surface area contributed by atoms with Gasteiger partial charge in [-0.2, -0.15) is 0 Å². The first kappa shape index (κ1) is 13.6. The molecule has 0 spiro atoms. The van der Waals surface area contributed by atoms with Gasteiger partial charge in [0.1, 0.15) is 9.21 Å². The number of aromatic nitrogens is 2. The van der Waals surface area contributed by atoms with E-state index in [1.165, 1.54) is 0 Å². The third-order valence-electron chi connectivity index (χ3n) is 2.52. The molecule has 2 aromatic heterocycles. The maximum atomic E-state index is 5.28. The molecule has 0 amide bonds. The highest BCUT2D eigenvalue weighted by molar-refractivity contribution is 9.10. The summed E-state index contributed by atoms with van der Waals surface area (Å²) in [6.45, 7) is 0.549. The van der Waals surface area contributed by atoms with Crippen molar-refractivity contribution >= 4 is 31.9 Å². The average Bonchev–Trinajstić information content (AvgIpc) is 2.36. The Morgan fingerprint density at radius 3 is 1.89 bits per heavy atom. The number of rotatable bonds is 4. The van der Waals surface area contributed by atoms with Crippen molar-refractivity contribution in [2.75, 3.05) is 13.7 Å². The third-order valence-corrected chi connectivity index (χ3v) is 3.40. The molecule has 0 aliphatic carbocycles. The van der Waals surface area contributed by atoms with Crippen LogP contribution in [0.5, 0.6) is 0 Å². The van der Waals surface area contributed by atoms with Gasteiger partial charge in [0.2, 0.25) is 0 Å². The monoisotopic (exact) mass is 370 g/mol. The van der Waals surface area contributed by atoms with Crippen LogP contribution in [0.15, 0.2) is 45.6 Å². The molecule has 0 aromatic carbocycles. The number of pyridine rings is 2. The topological polar surface area (TPSA) is 35.0 Å². The molecule has 3 nitrogen and oxygen atoms in total. The van der Waals surface area contributed by atoms with Crippen LogP contribution in [0.2, 0.25) is 0 Å². The zero-order chi connectivity index (χ0) is 13.0. The van der Waals surface area contributed by atoms with Crippen LogP contribution in [0.4, 0.5) is 0 Å². The summed E-state index contributed by atoms with van der Waals surface area (Å²) in [6.07, 6.45) is 0. The summed E-state index contributed by atoms with van der Waals surface area (Å²) >= 11 is 6.77. The maximum absolute atomic E-state index is 5.28. The van der Waals surface area contributed by atoms with E-state index >= 15 is 0 Å². The minimum Gasteiger partial charge on any atom is -0.384 e.